The molecule has 0 spiro atoms. The quantitative estimate of drug-likeness (QED) is 0.578. The van der Waals surface area contributed by atoms with Crippen LogP contribution in [-0.4, -0.2) is 25.9 Å². The number of rotatable bonds is 7. The van der Waals surface area contributed by atoms with Crippen LogP contribution in [0.25, 0.3) is 0 Å². The lowest BCUT2D eigenvalue weighted by Crippen LogP contribution is -2.16. The molecule has 0 radical (unpaired) electrons. The predicted molar refractivity (Wildman–Crippen MR) is 71.6 cm³/mol. The second-order valence-electron chi connectivity index (χ2n) is 3.85. The zero-order chi connectivity index (χ0) is 13.2. The molecule has 1 aromatic carbocycles. The Morgan fingerprint density at radius 2 is 1.94 bits per heavy atom. The molecular weight excluding hydrogens is 232 g/mol. The third-order valence-electron chi connectivity index (χ3n) is 2.26. The summed E-state index contributed by atoms with van der Waals surface area (Å²) < 4.78 is 10.2. The number of ether oxygens (including phenoxy) is 2. The molecule has 0 saturated carbocycles. The van der Waals surface area contributed by atoms with Gasteiger partial charge in [0.1, 0.15) is 6.61 Å². The molecule has 0 saturated heterocycles. The normalized spacial score (nSPS) is 10.1. The minimum absolute atomic E-state index is 0.254. The molecule has 0 aliphatic heterocycles. The van der Waals surface area contributed by atoms with Crippen LogP contribution in [0.1, 0.15) is 19.8 Å². The predicted octanol–water partition coefficient (Wildman–Crippen LogP) is 2.63. The van der Waals surface area contributed by atoms with E-state index in [1.165, 1.54) is 0 Å². The maximum Gasteiger partial charge on any atom is 0.411 e. The van der Waals surface area contributed by atoms with Gasteiger partial charge in [-0.3, -0.25) is 5.32 Å². The Labute approximate surface area is 107 Å². The second-order valence-corrected chi connectivity index (χ2v) is 3.85. The molecule has 1 aromatic rings. The van der Waals surface area contributed by atoms with Crippen LogP contribution in [0.3, 0.4) is 0 Å². The van der Waals surface area contributed by atoms with Gasteiger partial charge in [-0.2, -0.15) is 0 Å². The average Bonchev–Trinajstić information content (AvgIpc) is 2.36. The number of nitrogen functional groups attached to an aromatic ring is 1. The topological polar surface area (TPSA) is 73.6 Å². The van der Waals surface area contributed by atoms with Crippen molar-refractivity contribution in [3.05, 3.63) is 24.3 Å². The van der Waals surface area contributed by atoms with Crippen LogP contribution in [0.15, 0.2) is 24.3 Å². The fourth-order valence-corrected chi connectivity index (χ4v) is 1.26. The standard InChI is InChI=1S/C13H20N2O3/c1-2-3-8-17-9-10-18-13(16)15-12-6-4-11(14)5-7-12/h4-7H,2-3,8-10,14H2,1H3,(H,15,16). The van der Waals surface area contributed by atoms with Gasteiger partial charge in [0.2, 0.25) is 0 Å². The summed E-state index contributed by atoms with van der Waals surface area (Å²) in [6.45, 7) is 3.49. The van der Waals surface area contributed by atoms with E-state index < -0.39 is 6.09 Å². The minimum atomic E-state index is -0.487. The maximum atomic E-state index is 11.4. The Balaban J connectivity index is 2.12. The van der Waals surface area contributed by atoms with E-state index in [9.17, 15) is 4.79 Å². The summed E-state index contributed by atoms with van der Waals surface area (Å²) in [6.07, 6.45) is 1.63. The molecule has 3 N–H and O–H groups in total. The van der Waals surface area contributed by atoms with Gasteiger partial charge >= 0.3 is 6.09 Å². The van der Waals surface area contributed by atoms with Gasteiger partial charge in [0.05, 0.1) is 6.61 Å². The summed E-state index contributed by atoms with van der Waals surface area (Å²) in [6, 6.07) is 6.86. The lowest BCUT2D eigenvalue weighted by molar-refractivity contribution is 0.0768. The highest BCUT2D eigenvalue weighted by Gasteiger charge is 2.02. The second kappa shape index (κ2) is 8.36. The van der Waals surface area contributed by atoms with Crippen LogP contribution in [0.4, 0.5) is 16.2 Å². The van der Waals surface area contributed by atoms with Gasteiger partial charge in [0.25, 0.3) is 0 Å². The average molecular weight is 252 g/mol. The van der Waals surface area contributed by atoms with Gasteiger partial charge in [-0.05, 0) is 30.7 Å². The molecule has 5 nitrogen and oxygen atoms in total. The molecule has 0 bridgehead atoms. The molecule has 0 heterocycles. The molecule has 100 valence electrons. The third kappa shape index (κ3) is 6.10. The zero-order valence-corrected chi connectivity index (χ0v) is 10.6. The lowest BCUT2D eigenvalue weighted by atomic mass is 10.3. The summed E-state index contributed by atoms with van der Waals surface area (Å²) in [5.41, 5.74) is 6.84. The zero-order valence-electron chi connectivity index (χ0n) is 10.6. The highest BCUT2D eigenvalue weighted by molar-refractivity contribution is 5.84. The number of benzene rings is 1. The van der Waals surface area contributed by atoms with Crippen LogP contribution in [0.5, 0.6) is 0 Å². The first-order valence-electron chi connectivity index (χ1n) is 6.09. The van der Waals surface area contributed by atoms with Crippen LogP contribution in [-0.2, 0) is 9.47 Å². The molecule has 0 aliphatic carbocycles. The molecule has 0 aromatic heterocycles. The molecule has 0 aliphatic rings. The van der Waals surface area contributed by atoms with Crippen molar-refractivity contribution >= 4 is 17.5 Å². The summed E-state index contributed by atoms with van der Waals surface area (Å²) >= 11 is 0. The monoisotopic (exact) mass is 252 g/mol. The van der Waals surface area contributed by atoms with Crippen molar-refractivity contribution < 1.29 is 14.3 Å². The Kier molecular flexibility index (Phi) is 6.64. The van der Waals surface area contributed by atoms with Crippen molar-refractivity contribution in [2.24, 2.45) is 0 Å². The Hall–Kier alpha value is -1.75. The van der Waals surface area contributed by atoms with E-state index >= 15 is 0 Å². The molecule has 1 amide bonds. The fraction of sp³-hybridized carbons (Fsp3) is 0.462. The number of anilines is 2. The highest BCUT2D eigenvalue weighted by Crippen LogP contribution is 2.10. The van der Waals surface area contributed by atoms with Crippen molar-refractivity contribution in [3.63, 3.8) is 0 Å². The third-order valence-corrected chi connectivity index (χ3v) is 2.26. The van der Waals surface area contributed by atoms with Crippen molar-refractivity contribution in [1.29, 1.82) is 0 Å². The van der Waals surface area contributed by atoms with Gasteiger partial charge in [-0.25, -0.2) is 4.79 Å². The van der Waals surface area contributed by atoms with Crippen molar-refractivity contribution in [2.75, 3.05) is 30.9 Å². The molecule has 0 fully saturated rings. The van der Waals surface area contributed by atoms with Crippen LogP contribution in [0, 0.1) is 0 Å². The number of unbranched alkanes of at least 4 members (excludes halogenated alkanes) is 1. The van der Waals surface area contributed by atoms with Crippen molar-refractivity contribution in [1.82, 2.24) is 0 Å². The van der Waals surface area contributed by atoms with Crippen molar-refractivity contribution in [2.45, 2.75) is 19.8 Å². The fourth-order valence-electron chi connectivity index (χ4n) is 1.26. The van der Waals surface area contributed by atoms with E-state index in [1.807, 2.05) is 0 Å². The number of carbonyl (C=O) groups excluding carboxylic acids is 1. The molecule has 0 unspecified atom stereocenters. The number of hydrogen-bond acceptors (Lipinski definition) is 4. The first kappa shape index (κ1) is 14.3. The SMILES string of the molecule is CCCCOCCOC(=O)Nc1ccc(N)cc1. The van der Waals surface area contributed by atoms with E-state index in [2.05, 4.69) is 12.2 Å². The number of amides is 1. The molecule has 0 atom stereocenters. The van der Waals surface area contributed by atoms with Crippen LogP contribution >= 0.6 is 0 Å². The first-order valence-corrected chi connectivity index (χ1v) is 6.09. The number of carbonyl (C=O) groups is 1. The Bertz CT molecular complexity index is 352. The Morgan fingerprint density at radius 3 is 2.61 bits per heavy atom. The summed E-state index contributed by atoms with van der Waals surface area (Å²) in [5, 5.41) is 2.60. The summed E-state index contributed by atoms with van der Waals surface area (Å²) in [5.74, 6) is 0. The van der Waals surface area contributed by atoms with Gasteiger partial charge in [-0.15, -0.1) is 0 Å². The van der Waals surface area contributed by atoms with Gasteiger partial charge < -0.3 is 15.2 Å². The van der Waals surface area contributed by atoms with E-state index in [4.69, 9.17) is 15.2 Å². The number of nitrogens with one attached hydrogen (secondary N) is 1. The molecule has 18 heavy (non-hydrogen) atoms. The lowest BCUT2D eigenvalue weighted by Gasteiger charge is -2.07. The smallest absolute Gasteiger partial charge is 0.411 e. The largest absolute Gasteiger partial charge is 0.447 e. The molecular formula is C13H20N2O3. The van der Waals surface area contributed by atoms with Crippen molar-refractivity contribution in [3.8, 4) is 0 Å². The van der Waals surface area contributed by atoms with Crippen LogP contribution in [0.2, 0.25) is 0 Å². The van der Waals surface area contributed by atoms with Gasteiger partial charge in [0.15, 0.2) is 0 Å². The van der Waals surface area contributed by atoms with Crippen LogP contribution < -0.4 is 11.1 Å². The van der Waals surface area contributed by atoms with Gasteiger partial charge in [-0.1, -0.05) is 13.3 Å². The Morgan fingerprint density at radius 1 is 1.22 bits per heavy atom. The number of hydrogen-bond donors (Lipinski definition) is 2. The molecule has 5 heteroatoms. The summed E-state index contributed by atoms with van der Waals surface area (Å²) in [7, 11) is 0. The highest BCUT2D eigenvalue weighted by atomic mass is 16.6. The maximum absolute atomic E-state index is 11.4. The summed E-state index contributed by atoms with van der Waals surface area (Å²) in [4.78, 5) is 11.4. The van der Waals surface area contributed by atoms with E-state index in [1.54, 1.807) is 24.3 Å². The molecule has 1 rings (SSSR count). The van der Waals surface area contributed by atoms with E-state index in [-0.39, 0.29) is 6.61 Å². The number of nitrogens with two attached hydrogens (primary N) is 1. The van der Waals surface area contributed by atoms with Gasteiger partial charge in [0, 0.05) is 18.0 Å². The first-order chi connectivity index (χ1) is 8.72. The minimum Gasteiger partial charge on any atom is -0.447 e. The van der Waals surface area contributed by atoms with E-state index in [0.29, 0.717) is 24.6 Å². The van der Waals surface area contributed by atoms with E-state index in [0.717, 1.165) is 12.8 Å².